The summed E-state index contributed by atoms with van der Waals surface area (Å²) in [6, 6.07) is 12.4. The zero-order valence-corrected chi connectivity index (χ0v) is 16.5. The molecule has 0 spiro atoms. The molecule has 0 unspecified atom stereocenters. The van der Waals surface area contributed by atoms with Gasteiger partial charge in [-0.25, -0.2) is 0 Å². The summed E-state index contributed by atoms with van der Waals surface area (Å²) in [7, 11) is 0. The smallest absolute Gasteiger partial charge is 0.339 e. The number of amides is 1. The molecular weight excluding hydrogens is 395 g/mol. The summed E-state index contributed by atoms with van der Waals surface area (Å²) < 4.78 is 43.5. The SMILES string of the molecule is CC(C)c1ccc(N2C[C@H](c3nc(-c4ccc(C(F)(F)F)cc4)no3)CC2=O)cc1. The molecule has 0 saturated carbocycles. The molecule has 1 saturated heterocycles. The van der Waals surface area contributed by atoms with Gasteiger partial charge >= 0.3 is 6.18 Å². The van der Waals surface area contributed by atoms with Gasteiger partial charge in [-0.2, -0.15) is 18.2 Å². The Morgan fingerprint density at radius 3 is 2.33 bits per heavy atom. The third-order valence-corrected chi connectivity index (χ3v) is 5.26. The van der Waals surface area contributed by atoms with Crippen molar-refractivity contribution in [3.63, 3.8) is 0 Å². The van der Waals surface area contributed by atoms with Crippen molar-refractivity contribution in [2.75, 3.05) is 11.4 Å². The van der Waals surface area contributed by atoms with Gasteiger partial charge in [0.15, 0.2) is 0 Å². The molecule has 156 valence electrons. The van der Waals surface area contributed by atoms with Crippen LogP contribution in [-0.2, 0) is 11.0 Å². The van der Waals surface area contributed by atoms with Crippen LogP contribution in [0.4, 0.5) is 18.9 Å². The van der Waals surface area contributed by atoms with E-state index in [2.05, 4.69) is 24.0 Å². The Morgan fingerprint density at radius 1 is 1.07 bits per heavy atom. The summed E-state index contributed by atoms with van der Waals surface area (Å²) in [5.74, 6) is 0.609. The van der Waals surface area contributed by atoms with Crippen molar-refractivity contribution < 1.29 is 22.5 Å². The molecule has 4 rings (SSSR count). The van der Waals surface area contributed by atoms with Crippen molar-refractivity contribution in [1.29, 1.82) is 0 Å². The molecule has 1 aliphatic heterocycles. The first-order chi connectivity index (χ1) is 14.2. The number of hydrogen-bond acceptors (Lipinski definition) is 4. The molecule has 1 aliphatic rings. The van der Waals surface area contributed by atoms with Crippen LogP contribution in [0, 0.1) is 0 Å². The van der Waals surface area contributed by atoms with Gasteiger partial charge in [0.2, 0.25) is 17.6 Å². The number of rotatable bonds is 4. The minimum atomic E-state index is -4.40. The average Bonchev–Trinajstić information content (AvgIpc) is 3.34. The number of alkyl halides is 3. The molecule has 1 aromatic heterocycles. The largest absolute Gasteiger partial charge is 0.416 e. The van der Waals surface area contributed by atoms with Crippen molar-refractivity contribution in [3.8, 4) is 11.4 Å². The molecule has 2 aromatic carbocycles. The third kappa shape index (κ3) is 3.94. The highest BCUT2D eigenvalue weighted by Gasteiger charge is 2.35. The van der Waals surface area contributed by atoms with Gasteiger partial charge in [-0.15, -0.1) is 0 Å². The molecule has 0 N–H and O–H groups in total. The second kappa shape index (κ2) is 7.59. The third-order valence-electron chi connectivity index (χ3n) is 5.26. The molecule has 8 heteroatoms. The molecule has 2 heterocycles. The lowest BCUT2D eigenvalue weighted by Gasteiger charge is -2.17. The lowest BCUT2D eigenvalue weighted by atomic mass is 10.0. The van der Waals surface area contributed by atoms with Crippen LogP contribution in [0.3, 0.4) is 0 Å². The van der Waals surface area contributed by atoms with E-state index in [1.54, 1.807) is 4.90 Å². The Bertz CT molecular complexity index is 1040. The zero-order valence-electron chi connectivity index (χ0n) is 16.5. The van der Waals surface area contributed by atoms with E-state index < -0.39 is 11.7 Å². The van der Waals surface area contributed by atoms with Gasteiger partial charge in [0, 0.05) is 24.2 Å². The molecule has 5 nitrogen and oxygen atoms in total. The maximum absolute atomic E-state index is 12.7. The average molecular weight is 415 g/mol. The molecule has 0 aliphatic carbocycles. The molecule has 1 atom stereocenters. The van der Waals surface area contributed by atoms with Crippen LogP contribution in [0.1, 0.15) is 49.1 Å². The highest BCUT2D eigenvalue weighted by molar-refractivity contribution is 5.96. The highest BCUT2D eigenvalue weighted by atomic mass is 19.4. The van der Waals surface area contributed by atoms with Gasteiger partial charge < -0.3 is 9.42 Å². The van der Waals surface area contributed by atoms with Gasteiger partial charge in [-0.1, -0.05) is 43.3 Å². The molecular formula is C22H20F3N3O2. The van der Waals surface area contributed by atoms with Gasteiger partial charge in [0.05, 0.1) is 11.5 Å². The van der Waals surface area contributed by atoms with Crippen molar-refractivity contribution >= 4 is 11.6 Å². The predicted octanol–water partition coefficient (Wildman–Crippen LogP) is 5.40. The van der Waals surface area contributed by atoms with Crippen LogP contribution >= 0.6 is 0 Å². The fourth-order valence-electron chi connectivity index (χ4n) is 3.49. The van der Waals surface area contributed by atoms with Gasteiger partial charge in [0.25, 0.3) is 0 Å². The lowest BCUT2D eigenvalue weighted by molar-refractivity contribution is -0.137. The van der Waals surface area contributed by atoms with E-state index in [0.29, 0.717) is 23.9 Å². The monoisotopic (exact) mass is 415 g/mol. The Kier molecular flexibility index (Phi) is 5.09. The summed E-state index contributed by atoms with van der Waals surface area (Å²) in [6.45, 7) is 4.63. The maximum Gasteiger partial charge on any atom is 0.416 e. The summed E-state index contributed by atoms with van der Waals surface area (Å²) in [5, 5.41) is 3.88. The second-order valence-electron chi connectivity index (χ2n) is 7.68. The maximum atomic E-state index is 12.7. The van der Waals surface area contributed by atoms with E-state index in [1.165, 1.54) is 17.7 Å². The van der Waals surface area contributed by atoms with Crippen molar-refractivity contribution in [2.24, 2.45) is 0 Å². The second-order valence-corrected chi connectivity index (χ2v) is 7.68. The minimum absolute atomic E-state index is 0.0356. The molecule has 1 fully saturated rings. The molecule has 3 aromatic rings. The van der Waals surface area contributed by atoms with Crippen LogP contribution in [-0.4, -0.2) is 22.6 Å². The molecule has 0 radical (unpaired) electrons. The first-order valence-electron chi connectivity index (χ1n) is 9.64. The highest BCUT2D eigenvalue weighted by Crippen LogP contribution is 2.33. The van der Waals surface area contributed by atoms with E-state index in [4.69, 9.17) is 4.52 Å². The summed E-state index contributed by atoms with van der Waals surface area (Å²) >= 11 is 0. The molecule has 0 bridgehead atoms. The van der Waals surface area contributed by atoms with Crippen molar-refractivity contribution in [2.45, 2.75) is 38.3 Å². The summed E-state index contributed by atoms with van der Waals surface area (Å²) in [4.78, 5) is 18.5. The number of halogens is 3. The minimum Gasteiger partial charge on any atom is -0.339 e. The van der Waals surface area contributed by atoms with Crippen LogP contribution < -0.4 is 4.90 Å². The quantitative estimate of drug-likeness (QED) is 0.573. The number of carbonyl (C=O) groups excluding carboxylic acids is 1. The van der Waals surface area contributed by atoms with Gasteiger partial charge in [0.1, 0.15) is 0 Å². The van der Waals surface area contributed by atoms with Gasteiger partial charge in [-0.3, -0.25) is 4.79 Å². The zero-order chi connectivity index (χ0) is 21.5. The molecule has 1 amide bonds. The first-order valence-corrected chi connectivity index (χ1v) is 9.64. The Labute approximate surface area is 171 Å². The van der Waals surface area contributed by atoms with Gasteiger partial charge in [-0.05, 0) is 35.7 Å². The van der Waals surface area contributed by atoms with Crippen molar-refractivity contribution in [3.05, 3.63) is 65.5 Å². The molecule has 30 heavy (non-hydrogen) atoms. The van der Waals surface area contributed by atoms with Crippen LogP contribution in [0.2, 0.25) is 0 Å². The van der Waals surface area contributed by atoms with E-state index >= 15 is 0 Å². The number of benzene rings is 2. The number of anilines is 1. The standard InChI is InChI=1S/C22H20F3N3O2/c1-13(2)14-5-9-18(10-6-14)28-12-16(11-19(28)29)21-26-20(27-30-21)15-3-7-17(8-4-15)22(23,24)25/h3-10,13,16H,11-12H2,1-2H3/t16-/m1/s1. The van der Waals surface area contributed by atoms with Crippen LogP contribution in [0.25, 0.3) is 11.4 Å². The topological polar surface area (TPSA) is 59.2 Å². The van der Waals surface area contributed by atoms with E-state index in [9.17, 15) is 18.0 Å². The van der Waals surface area contributed by atoms with Crippen LogP contribution in [0.5, 0.6) is 0 Å². The summed E-state index contributed by atoms with van der Waals surface area (Å²) in [5.41, 5.74) is 1.69. The fourth-order valence-corrected chi connectivity index (χ4v) is 3.49. The normalized spacial score (nSPS) is 17.2. The number of nitrogens with zero attached hydrogens (tertiary/aromatic N) is 3. The van der Waals surface area contributed by atoms with E-state index in [-0.39, 0.29) is 24.1 Å². The predicted molar refractivity (Wildman–Crippen MR) is 105 cm³/mol. The number of hydrogen-bond donors (Lipinski definition) is 0. The fraction of sp³-hybridized carbons (Fsp3) is 0.318. The van der Waals surface area contributed by atoms with E-state index in [1.807, 2.05) is 24.3 Å². The number of carbonyl (C=O) groups is 1. The van der Waals surface area contributed by atoms with Crippen molar-refractivity contribution in [1.82, 2.24) is 10.1 Å². The summed E-state index contributed by atoms with van der Waals surface area (Å²) in [6.07, 6.45) is -4.16. The Balaban J connectivity index is 1.49. The Hall–Kier alpha value is -3.16. The Morgan fingerprint density at radius 2 is 1.73 bits per heavy atom. The van der Waals surface area contributed by atoms with Crippen LogP contribution in [0.15, 0.2) is 53.1 Å². The number of aromatic nitrogens is 2. The lowest BCUT2D eigenvalue weighted by Crippen LogP contribution is -2.24. The van der Waals surface area contributed by atoms with E-state index in [0.717, 1.165) is 17.8 Å². The first kappa shape index (κ1) is 20.1.